The van der Waals surface area contributed by atoms with E-state index in [-0.39, 0.29) is 12.3 Å². The number of carboxylic acid groups (broad SMARTS) is 1. The Bertz CT molecular complexity index is 769. The highest BCUT2D eigenvalue weighted by Gasteiger charge is 2.42. The van der Waals surface area contributed by atoms with Crippen LogP contribution in [0, 0.1) is 19.8 Å². The maximum atomic E-state index is 12.6. The highest BCUT2D eigenvalue weighted by Crippen LogP contribution is 2.38. The quantitative estimate of drug-likeness (QED) is 0.914. The first-order valence-corrected chi connectivity index (χ1v) is 8.74. The van der Waals surface area contributed by atoms with Gasteiger partial charge in [0, 0.05) is 36.7 Å². The van der Waals surface area contributed by atoms with Gasteiger partial charge in [-0.2, -0.15) is 5.10 Å². The molecule has 1 aliphatic heterocycles. The number of hydrogen-bond acceptors (Lipinski definition) is 5. The molecule has 2 atom stereocenters. The van der Waals surface area contributed by atoms with Crippen molar-refractivity contribution < 1.29 is 14.7 Å². The highest BCUT2D eigenvalue weighted by molar-refractivity contribution is 7.07. The number of hydrogen-bond donors (Lipinski definition) is 1. The normalized spacial score (nSPS) is 21.3. The first-order chi connectivity index (χ1) is 11.4. The van der Waals surface area contributed by atoms with Crippen LogP contribution in [-0.2, 0) is 23.2 Å². The summed E-state index contributed by atoms with van der Waals surface area (Å²) in [5.74, 6) is -1.56. The number of aromatic nitrogens is 3. The van der Waals surface area contributed by atoms with Crippen molar-refractivity contribution in [1.29, 1.82) is 0 Å². The van der Waals surface area contributed by atoms with E-state index in [1.54, 1.807) is 15.1 Å². The Labute approximate surface area is 143 Å². The Balaban J connectivity index is 2.01. The number of aryl methyl sites for hydroxylation is 2. The van der Waals surface area contributed by atoms with E-state index in [1.165, 1.54) is 11.3 Å². The molecule has 0 saturated carbocycles. The molecule has 3 heterocycles. The van der Waals surface area contributed by atoms with Gasteiger partial charge in [-0.1, -0.05) is 0 Å². The standard InChI is InChI=1S/C16H20N4O3S/c1-9-12(10(2)19(3)18-9)6-20-14(21)5-4-11(16(22)23)15(20)13-7-24-8-17-13/h7-8,11,15H,4-6H2,1-3H3,(H,22,23)/t11-,15+/m1/s1. The summed E-state index contributed by atoms with van der Waals surface area (Å²) in [5, 5.41) is 15.8. The molecule has 1 aliphatic rings. The number of amides is 1. The van der Waals surface area contributed by atoms with Crippen molar-refractivity contribution in [1.82, 2.24) is 19.7 Å². The Hall–Kier alpha value is -2.22. The number of nitrogens with zero attached hydrogens (tertiary/aromatic N) is 4. The van der Waals surface area contributed by atoms with Crippen molar-refractivity contribution >= 4 is 23.2 Å². The number of aliphatic carboxylic acids is 1. The lowest BCUT2D eigenvalue weighted by atomic mass is 9.86. The van der Waals surface area contributed by atoms with Crippen LogP contribution in [0.2, 0.25) is 0 Å². The lowest BCUT2D eigenvalue weighted by molar-refractivity contribution is -0.152. The fourth-order valence-corrected chi connectivity index (χ4v) is 3.93. The Morgan fingerprint density at radius 1 is 1.46 bits per heavy atom. The van der Waals surface area contributed by atoms with Crippen LogP contribution in [-0.4, -0.2) is 36.6 Å². The molecule has 0 bridgehead atoms. The van der Waals surface area contributed by atoms with Gasteiger partial charge in [-0.05, 0) is 20.3 Å². The average Bonchev–Trinajstić information content (AvgIpc) is 3.13. The van der Waals surface area contributed by atoms with Gasteiger partial charge in [0.2, 0.25) is 5.91 Å². The molecule has 0 radical (unpaired) electrons. The molecule has 8 heteroatoms. The minimum Gasteiger partial charge on any atom is -0.481 e. The van der Waals surface area contributed by atoms with Crippen LogP contribution in [0.25, 0.3) is 0 Å². The Kier molecular flexibility index (Phi) is 4.40. The highest BCUT2D eigenvalue weighted by atomic mass is 32.1. The second-order valence-electron chi connectivity index (χ2n) is 6.14. The van der Waals surface area contributed by atoms with Crippen molar-refractivity contribution in [3.63, 3.8) is 0 Å². The summed E-state index contributed by atoms with van der Waals surface area (Å²) in [6.45, 7) is 4.22. The van der Waals surface area contributed by atoms with Crippen LogP contribution < -0.4 is 0 Å². The first kappa shape index (κ1) is 16.6. The summed E-state index contributed by atoms with van der Waals surface area (Å²) in [6, 6.07) is -0.533. The molecule has 1 saturated heterocycles. The fourth-order valence-electron chi connectivity index (χ4n) is 3.35. The molecular formula is C16H20N4O3S. The van der Waals surface area contributed by atoms with Crippen molar-refractivity contribution in [3.8, 4) is 0 Å². The van der Waals surface area contributed by atoms with Gasteiger partial charge in [-0.25, -0.2) is 4.98 Å². The molecule has 0 aromatic carbocycles. The molecule has 0 unspecified atom stereocenters. The average molecular weight is 348 g/mol. The summed E-state index contributed by atoms with van der Waals surface area (Å²) in [6.07, 6.45) is 0.591. The molecule has 2 aromatic rings. The minimum atomic E-state index is -0.884. The van der Waals surface area contributed by atoms with Gasteiger partial charge >= 0.3 is 5.97 Å². The van der Waals surface area contributed by atoms with E-state index in [0.29, 0.717) is 18.7 Å². The van der Waals surface area contributed by atoms with Crippen molar-refractivity contribution in [3.05, 3.63) is 33.5 Å². The van der Waals surface area contributed by atoms with Crippen molar-refractivity contribution in [2.75, 3.05) is 0 Å². The predicted octanol–water partition coefficient (Wildman–Crippen LogP) is 2.06. The van der Waals surface area contributed by atoms with Crippen molar-refractivity contribution in [2.24, 2.45) is 13.0 Å². The predicted molar refractivity (Wildman–Crippen MR) is 88.4 cm³/mol. The Morgan fingerprint density at radius 2 is 2.21 bits per heavy atom. The second-order valence-corrected chi connectivity index (χ2v) is 6.85. The smallest absolute Gasteiger partial charge is 0.309 e. The molecule has 1 amide bonds. The van der Waals surface area contributed by atoms with E-state index in [1.807, 2.05) is 26.3 Å². The fraction of sp³-hybridized carbons (Fsp3) is 0.500. The third-order valence-electron chi connectivity index (χ3n) is 4.77. The summed E-state index contributed by atoms with van der Waals surface area (Å²) in [5.41, 5.74) is 5.13. The summed E-state index contributed by atoms with van der Waals surface area (Å²) >= 11 is 1.41. The van der Waals surface area contributed by atoms with Gasteiger partial charge in [0.25, 0.3) is 0 Å². The number of likely N-dealkylation sites (tertiary alicyclic amines) is 1. The van der Waals surface area contributed by atoms with E-state index < -0.39 is 17.9 Å². The van der Waals surface area contributed by atoms with E-state index >= 15 is 0 Å². The molecule has 0 aliphatic carbocycles. The number of rotatable bonds is 4. The third-order valence-corrected chi connectivity index (χ3v) is 5.37. The number of carbonyl (C=O) groups excluding carboxylic acids is 1. The lowest BCUT2D eigenvalue weighted by Crippen LogP contribution is -2.45. The first-order valence-electron chi connectivity index (χ1n) is 7.79. The summed E-state index contributed by atoms with van der Waals surface area (Å²) in [4.78, 5) is 30.3. The number of piperidine rings is 1. The molecule has 0 spiro atoms. The van der Waals surface area contributed by atoms with E-state index in [0.717, 1.165) is 17.0 Å². The monoisotopic (exact) mass is 348 g/mol. The number of thiazole rings is 1. The Morgan fingerprint density at radius 3 is 2.75 bits per heavy atom. The second kappa shape index (κ2) is 6.35. The number of carboxylic acids is 1. The summed E-state index contributed by atoms with van der Waals surface area (Å²) in [7, 11) is 1.86. The topological polar surface area (TPSA) is 88.3 Å². The number of carbonyl (C=O) groups is 2. The zero-order chi connectivity index (χ0) is 17.4. The molecule has 128 valence electrons. The largest absolute Gasteiger partial charge is 0.481 e. The molecule has 1 N–H and O–H groups in total. The van der Waals surface area contributed by atoms with Gasteiger partial charge in [0.15, 0.2) is 0 Å². The van der Waals surface area contributed by atoms with Crippen LogP contribution in [0.3, 0.4) is 0 Å². The molecule has 2 aromatic heterocycles. The molecule has 1 fully saturated rings. The van der Waals surface area contributed by atoms with E-state index in [4.69, 9.17) is 0 Å². The maximum Gasteiger partial charge on any atom is 0.309 e. The van der Waals surface area contributed by atoms with Gasteiger partial charge in [-0.3, -0.25) is 14.3 Å². The van der Waals surface area contributed by atoms with Gasteiger partial charge in [0.05, 0.1) is 28.9 Å². The van der Waals surface area contributed by atoms with Crippen LogP contribution in [0.5, 0.6) is 0 Å². The van der Waals surface area contributed by atoms with Gasteiger partial charge < -0.3 is 10.0 Å². The maximum absolute atomic E-state index is 12.6. The van der Waals surface area contributed by atoms with Crippen molar-refractivity contribution in [2.45, 2.75) is 39.3 Å². The van der Waals surface area contributed by atoms with E-state index in [9.17, 15) is 14.7 Å². The van der Waals surface area contributed by atoms with Gasteiger partial charge in [0.1, 0.15) is 0 Å². The minimum absolute atomic E-state index is 0.0341. The lowest BCUT2D eigenvalue weighted by Gasteiger charge is -2.38. The van der Waals surface area contributed by atoms with E-state index in [2.05, 4.69) is 10.1 Å². The van der Waals surface area contributed by atoms with Gasteiger partial charge in [-0.15, -0.1) is 11.3 Å². The van der Waals surface area contributed by atoms with Crippen LogP contribution in [0.15, 0.2) is 10.9 Å². The summed E-state index contributed by atoms with van der Waals surface area (Å²) < 4.78 is 1.78. The van der Waals surface area contributed by atoms with Crippen LogP contribution >= 0.6 is 11.3 Å². The molecule has 24 heavy (non-hydrogen) atoms. The van der Waals surface area contributed by atoms with Crippen LogP contribution in [0.4, 0.5) is 0 Å². The zero-order valence-corrected chi connectivity index (χ0v) is 14.7. The third kappa shape index (κ3) is 2.82. The zero-order valence-electron chi connectivity index (χ0n) is 13.9. The molecule has 7 nitrogen and oxygen atoms in total. The van der Waals surface area contributed by atoms with Crippen LogP contribution in [0.1, 0.15) is 41.5 Å². The molecule has 3 rings (SSSR count). The molecular weight excluding hydrogens is 328 g/mol. The SMILES string of the molecule is Cc1nn(C)c(C)c1CN1C(=O)CC[C@@H](C(=O)O)[C@H]1c1cscn1.